The zero-order valence-electron chi connectivity index (χ0n) is 16.1. The number of rotatable bonds is 5. The van der Waals surface area contributed by atoms with Gasteiger partial charge in [0.25, 0.3) is 0 Å². The Hall–Kier alpha value is -2.42. The number of hydrogen-bond acceptors (Lipinski definition) is 6. The van der Waals surface area contributed by atoms with Crippen LogP contribution in [-0.4, -0.2) is 54.3 Å². The first-order valence-electron chi connectivity index (χ1n) is 9.41. The lowest BCUT2D eigenvalue weighted by molar-refractivity contribution is -0.0155. The Labute approximate surface area is 170 Å². The standard InChI is InChI=1S/C21H25NO6S/c1-15-7-9-17(10-8-15)29(26,27)20(24)18-11-12-22(13-19(18)23)21(25)28-14-16-5-3-2-4-6-16/h2-10,18-20,23-24H,11-14H2,1H3. The van der Waals surface area contributed by atoms with Gasteiger partial charge in [-0.15, -0.1) is 0 Å². The lowest BCUT2D eigenvalue weighted by Crippen LogP contribution is -2.51. The number of likely N-dealkylation sites (tertiary alicyclic amines) is 1. The van der Waals surface area contributed by atoms with E-state index < -0.39 is 33.4 Å². The minimum absolute atomic E-state index is 0.00694. The largest absolute Gasteiger partial charge is 0.445 e. The lowest BCUT2D eigenvalue weighted by atomic mass is 9.95. The van der Waals surface area contributed by atoms with Gasteiger partial charge in [-0.05, 0) is 31.0 Å². The number of sulfone groups is 1. The Morgan fingerprint density at radius 3 is 2.45 bits per heavy atom. The molecule has 1 saturated heterocycles. The van der Waals surface area contributed by atoms with Crippen molar-refractivity contribution < 1.29 is 28.2 Å². The van der Waals surface area contributed by atoms with Gasteiger partial charge in [0.1, 0.15) is 6.61 Å². The molecule has 0 aliphatic carbocycles. The summed E-state index contributed by atoms with van der Waals surface area (Å²) in [6, 6.07) is 15.4. The lowest BCUT2D eigenvalue weighted by Gasteiger charge is -2.37. The van der Waals surface area contributed by atoms with Gasteiger partial charge in [-0.1, -0.05) is 48.0 Å². The molecule has 1 heterocycles. The molecular weight excluding hydrogens is 394 g/mol. The number of aryl methyl sites for hydroxylation is 1. The zero-order valence-corrected chi connectivity index (χ0v) is 17.0. The van der Waals surface area contributed by atoms with Crippen molar-refractivity contribution >= 4 is 15.9 Å². The molecule has 3 unspecified atom stereocenters. The second kappa shape index (κ2) is 8.94. The molecule has 0 bridgehead atoms. The minimum atomic E-state index is -4.01. The number of hydrogen-bond donors (Lipinski definition) is 2. The third-order valence-corrected chi connectivity index (χ3v) is 7.05. The third kappa shape index (κ3) is 4.95. The van der Waals surface area contributed by atoms with Gasteiger partial charge < -0.3 is 19.8 Å². The van der Waals surface area contributed by atoms with E-state index in [1.807, 2.05) is 37.3 Å². The Kier molecular flexibility index (Phi) is 6.56. The highest BCUT2D eigenvalue weighted by molar-refractivity contribution is 7.91. The summed E-state index contributed by atoms with van der Waals surface area (Å²) in [5, 5.41) is 20.9. The highest BCUT2D eigenvalue weighted by Gasteiger charge is 2.41. The fourth-order valence-corrected chi connectivity index (χ4v) is 4.93. The fourth-order valence-electron chi connectivity index (χ4n) is 3.36. The number of aliphatic hydroxyl groups excluding tert-OH is 2. The van der Waals surface area contributed by atoms with Crippen LogP contribution in [0.25, 0.3) is 0 Å². The van der Waals surface area contributed by atoms with Crippen molar-refractivity contribution in [1.29, 1.82) is 0 Å². The molecule has 1 aliphatic heterocycles. The van der Waals surface area contributed by atoms with E-state index in [1.54, 1.807) is 12.1 Å². The minimum Gasteiger partial charge on any atom is -0.445 e. The zero-order chi connectivity index (χ0) is 21.0. The van der Waals surface area contributed by atoms with Crippen LogP contribution in [0.15, 0.2) is 59.5 Å². The normalized spacial score (nSPS) is 20.9. The van der Waals surface area contributed by atoms with Gasteiger partial charge >= 0.3 is 6.09 Å². The molecule has 29 heavy (non-hydrogen) atoms. The van der Waals surface area contributed by atoms with Gasteiger partial charge in [-0.2, -0.15) is 0 Å². The number of carbonyl (C=O) groups is 1. The van der Waals surface area contributed by atoms with E-state index in [0.29, 0.717) is 0 Å². The SMILES string of the molecule is Cc1ccc(S(=O)(=O)C(O)C2CCN(C(=O)OCc3ccccc3)CC2O)cc1. The molecule has 2 aromatic rings. The van der Waals surface area contributed by atoms with E-state index >= 15 is 0 Å². The first kappa shape index (κ1) is 21.3. The molecule has 3 atom stereocenters. The number of β-amino-alcohol motifs (C(OH)–C–C–N with tert-alkyl or cyclic N) is 1. The number of ether oxygens (including phenoxy) is 1. The van der Waals surface area contributed by atoms with E-state index in [0.717, 1.165) is 11.1 Å². The molecule has 0 saturated carbocycles. The van der Waals surface area contributed by atoms with Crippen molar-refractivity contribution in [3.8, 4) is 0 Å². The number of nitrogens with zero attached hydrogens (tertiary/aromatic N) is 1. The molecule has 3 rings (SSSR count). The number of aliphatic hydroxyl groups is 2. The van der Waals surface area contributed by atoms with Gasteiger partial charge in [0.05, 0.1) is 17.5 Å². The quantitative estimate of drug-likeness (QED) is 0.769. The number of benzene rings is 2. The molecule has 0 spiro atoms. The van der Waals surface area contributed by atoms with E-state index in [-0.39, 0.29) is 31.0 Å². The van der Waals surface area contributed by atoms with Crippen LogP contribution in [0.1, 0.15) is 17.5 Å². The van der Waals surface area contributed by atoms with Gasteiger partial charge in [0, 0.05) is 12.5 Å². The van der Waals surface area contributed by atoms with E-state index in [4.69, 9.17) is 4.74 Å². The number of amides is 1. The molecule has 2 N–H and O–H groups in total. The van der Waals surface area contributed by atoms with E-state index in [1.165, 1.54) is 17.0 Å². The second-order valence-corrected chi connectivity index (χ2v) is 9.30. The van der Waals surface area contributed by atoms with Crippen LogP contribution in [0.3, 0.4) is 0 Å². The molecule has 2 aromatic carbocycles. The van der Waals surface area contributed by atoms with Crippen molar-refractivity contribution in [2.45, 2.75) is 36.4 Å². The number of carbonyl (C=O) groups excluding carboxylic acids is 1. The summed E-state index contributed by atoms with van der Waals surface area (Å²) < 4.78 is 30.6. The van der Waals surface area contributed by atoms with Crippen LogP contribution in [0.2, 0.25) is 0 Å². The van der Waals surface area contributed by atoms with Crippen LogP contribution in [0.4, 0.5) is 4.79 Å². The topological polar surface area (TPSA) is 104 Å². The summed E-state index contributed by atoms with van der Waals surface area (Å²) >= 11 is 0. The summed E-state index contributed by atoms with van der Waals surface area (Å²) in [5.41, 5.74) is -0.000564. The maximum absolute atomic E-state index is 12.7. The Balaban J connectivity index is 1.60. The Bertz CT molecular complexity index is 929. The molecule has 7 nitrogen and oxygen atoms in total. The predicted octanol–water partition coefficient (Wildman–Crippen LogP) is 2.11. The first-order valence-corrected chi connectivity index (χ1v) is 11.0. The van der Waals surface area contributed by atoms with Crippen LogP contribution in [-0.2, 0) is 21.2 Å². The second-order valence-electron chi connectivity index (χ2n) is 7.25. The van der Waals surface area contributed by atoms with Crippen molar-refractivity contribution in [3.63, 3.8) is 0 Å². The van der Waals surface area contributed by atoms with E-state index in [2.05, 4.69) is 0 Å². The van der Waals surface area contributed by atoms with Crippen molar-refractivity contribution in [1.82, 2.24) is 4.90 Å². The molecule has 8 heteroatoms. The first-order chi connectivity index (χ1) is 13.8. The molecule has 156 valence electrons. The van der Waals surface area contributed by atoms with Crippen molar-refractivity contribution in [3.05, 3.63) is 65.7 Å². The van der Waals surface area contributed by atoms with Crippen LogP contribution < -0.4 is 0 Å². The molecule has 1 fully saturated rings. The van der Waals surface area contributed by atoms with Crippen molar-refractivity contribution in [2.24, 2.45) is 5.92 Å². The maximum Gasteiger partial charge on any atom is 0.410 e. The van der Waals surface area contributed by atoms with Gasteiger partial charge in [-0.3, -0.25) is 0 Å². The molecule has 0 aromatic heterocycles. The molecule has 1 amide bonds. The summed E-state index contributed by atoms with van der Waals surface area (Å²) in [4.78, 5) is 13.6. The highest BCUT2D eigenvalue weighted by atomic mass is 32.2. The van der Waals surface area contributed by atoms with Gasteiger partial charge in [-0.25, -0.2) is 13.2 Å². The summed E-state index contributed by atoms with van der Waals surface area (Å²) in [5.74, 6) is -0.889. The molecule has 1 aliphatic rings. The van der Waals surface area contributed by atoms with Crippen LogP contribution >= 0.6 is 0 Å². The number of piperidine rings is 1. The van der Waals surface area contributed by atoms with Gasteiger partial charge in [0.15, 0.2) is 5.44 Å². The average Bonchev–Trinajstić information content (AvgIpc) is 2.72. The summed E-state index contributed by atoms with van der Waals surface area (Å²) in [6.07, 6.45) is -1.61. The Morgan fingerprint density at radius 2 is 1.83 bits per heavy atom. The monoisotopic (exact) mass is 419 g/mol. The van der Waals surface area contributed by atoms with Crippen LogP contribution in [0.5, 0.6) is 0 Å². The average molecular weight is 419 g/mol. The summed E-state index contributed by atoms with van der Waals surface area (Å²) in [6.45, 7) is 2.04. The maximum atomic E-state index is 12.7. The predicted molar refractivity (Wildman–Crippen MR) is 107 cm³/mol. The smallest absolute Gasteiger partial charge is 0.410 e. The summed E-state index contributed by atoms with van der Waals surface area (Å²) in [7, 11) is -4.01. The molecule has 0 radical (unpaired) electrons. The van der Waals surface area contributed by atoms with E-state index in [9.17, 15) is 23.4 Å². The molecular formula is C21H25NO6S. The van der Waals surface area contributed by atoms with Crippen LogP contribution in [0, 0.1) is 12.8 Å². The Morgan fingerprint density at radius 1 is 1.17 bits per heavy atom. The third-order valence-electron chi connectivity index (χ3n) is 5.13. The fraction of sp³-hybridized carbons (Fsp3) is 0.381. The van der Waals surface area contributed by atoms with Gasteiger partial charge in [0.2, 0.25) is 9.84 Å². The van der Waals surface area contributed by atoms with Crippen molar-refractivity contribution in [2.75, 3.05) is 13.1 Å². The highest BCUT2D eigenvalue weighted by Crippen LogP contribution is 2.28.